The summed E-state index contributed by atoms with van der Waals surface area (Å²) in [7, 11) is 3.16. The van der Waals surface area contributed by atoms with Crippen LogP contribution in [0.2, 0.25) is 0 Å². The third kappa shape index (κ3) is 2.50. The Morgan fingerprint density at radius 1 is 1.18 bits per heavy atom. The molecule has 1 heterocycles. The van der Waals surface area contributed by atoms with Crippen molar-refractivity contribution in [2.24, 2.45) is 0 Å². The van der Waals surface area contributed by atoms with Gasteiger partial charge < -0.3 is 14.0 Å². The molecule has 2 aromatic rings. The molecular weight excluding hydrogens is 244 g/mol. The molecule has 0 N–H and O–H groups in total. The second-order valence-corrected chi connectivity index (χ2v) is 3.51. The number of methoxy groups -OCH3 is 2. The van der Waals surface area contributed by atoms with Crippen LogP contribution < -0.4 is 9.47 Å². The van der Waals surface area contributed by atoms with Gasteiger partial charge in [-0.25, -0.2) is 0 Å². The average Bonchev–Trinajstić information content (AvgIpc) is 2.86. The van der Waals surface area contributed by atoms with Crippen molar-refractivity contribution in [1.82, 2.24) is 10.1 Å². The van der Waals surface area contributed by atoms with Crippen LogP contribution in [-0.4, -0.2) is 24.4 Å². The SMILES string of the molecule is COc1cc(OC)cc(-c2noc(CCl)n2)c1. The summed E-state index contributed by atoms with van der Waals surface area (Å²) in [4.78, 5) is 4.13. The first-order chi connectivity index (χ1) is 8.26. The Balaban J connectivity index is 2.43. The molecule has 0 aliphatic carbocycles. The highest BCUT2D eigenvalue weighted by atomic mass is 35.5. The van der Waals surface area contributed by atoms with E-state index in [0.717, 1.165) is 5.56 Å². The number of halogens is 1. The standard InChI is InChI=1S/C11H11ClN2O3/c1-15-8-3-7(4-9(5-8)16-2)11-13-10(6-12)17-14-11/h3-5H,6H2,1-2H3. The molecule has 0 spiro atoms. The summed E-state index contributed by atoms with van der Waals surface area (Å²) in [5.41, 5.74) is 0.751. The van der Waals surface area contributed by atoms with Gasteiger partial charge in [0, 0.05) is 11.6 Å². The lowest BCUT2D eigenvalue weighted by molar-refractivity contribution is 0.390. The van der Waals surface area contributed by atoms with Crippen LogP contribution in [0, 0.1) is 0 Å². The summed E-state index contributed by atoms with van der Waals surface area (Å²) < 4.78 is 15.3. The number of rotatable bonds is 4. The normalized spacial score (nSPS) is 10.3. The van der Waals surface area contributed by atoms with Crippen molar-refractivity contribution in [3.05, 3.63) is 24.1 Å². The van der Waals surface area contributed by atoms with Crippen molar-refractivity contribution in [3.63, 3.8) is 0 Å². The molecular formula is C11H11ClN2O3. The first-order valence-electron chi connectivity index (χ1n) is 4.89. The fourth-order valence-corrected chi connectivity index (χ4v) is 1.47. The first-order valence-corrected chi connectivity index (χ1v) is 5.42. The van der Waals surface area contributed by atoms with Crippen molar-refractivity contribution < 1.29 is 14.0 Å². The highest BCUT2D eigenvalue weighted by Gasteiger charge is 2.10. The minimum atomic E-state index is 0.189. The molecule has 2 rings (SSSR count). The minimum Gasteiger partial charge on any atom is -0.497 e. The van der Waals surface area contributed by atoms with E-state index in [4.69, 9.17) is 25.6 Å². The zero-order chi connectivity index (χ0) is 12.3. The molecule has 17 heavy (non-hydrogen) atoms. The van der Waals surface area contributed by atoms with Gasteiger partial charge in [-0.2, -0.15) is 4.98 Å². The average molecular weight is 255 g/mol. The van der Waals surface area contributed by atoms with Crippen LogP contribution in [0.25, 0.3) is 11.4 Å². The smallest absolute Gasteiger partial charge is 0.241 e. The van der Waals surface area contributed by atoms with Crippen LogP contribution in [0.5, 0.6) is 11.5 Å². The molecule has 1 aromatic carbocycles. The Labute approximate surface area is 103 Å². The molecule has 0 atom stereocenters. The van der Waals surface area contributed by atoms with Crippen LogP contribution in [0.4, 0.5) is 0 Å². The molecule has 90 valence electrons. The van der Waals surface area contributed by atoms with E-state index >= 15 is 0 Å². The third-order valence-electron chi connectivity index (χ3n) is 2.19. The van der Waals surface area contributed by atoms with Crippen LogP contribution in [0.15, 0.2) is 22.7 Å². The van der Waals surface area contributed by atoms with Crippen molar-refractivity contribution in [2.75, 3.05) is 14.2 Å². The van der Waals surface area contributed by atoms with Crippen LogP contribution >= 0.6 is 11.6 Å². The lowest BCUT2D eigenvalue weighted by Crippen LogP contribution is -1.89. The molecule has 0 bridgehead atoms. The van der Waals surface area contributed by atoms with Gasteiger partial charge in [-0.3, -0.25) is 0 Å². The quantitative estimate of drug-likeness (QED) is 0.785. The maximum absolute atomic E-state index is 5.60. The maximum atomic E-state index is 5.60. The first kappa shape index (κ1) is 11.7. The number of hydrogen-bond donors (Lipinski definition) is 0. The van der Waals surface area contributed by atoms with Crippen LogP contribution in [0.3, 0.4) is 0 Å². The largest absolute Gasteiger partial charge is 0.497 e. The molecule has 0 radical (unpaired) electrons. The van der Waals surface area contributed by atoms with Gasteiger partial charge in [0.05, 0.1) is 14.2 Å². The zero-order valence-electron chi connectivity index (χ0n) is 9.44. The van der Waals surface area contributed by atoms with E-state index in [9.17, 15) is 0 Å². The van der Waals surface area contributed by atoms with Gasteiger partial charge in [-0.05, 0) is 12.1 Å². The molecule has 0 saturated carbocycles. The topological polar surface area (TPSA) is 57.4 Å². The Hall–Kier alpha value is -1.75. The number of nitrogens with zero attached hydrogens (tertiary/aromatic N) is 2. The Morgan fingerprint density at radius 2 is 1.82 bits per heavy atom. The molecule has 0 aliphatic rings. The molecule has 0 amide bonds. The van der Waals surface area contributed by atoms with Gasteiger partial charge >= 0.3 is 0 Å². The van der Waals surface area contributed by atoms with E-state index in [2.05, 4.69) is 10.1 Å². The molecule has 0 saturated heterocycles. The van der Waals surface area contributed by atoms with Gasteiger partial charge in [-0.15, -0.1) is 11.6 Å². The molecule has 5 nitrogen and oxygen atoms in total. The summed E-state index contributed by atoms with van der Waals surface area (Å²) >= 11 is 5.60. The lowest BCUT2D eigenvalue weighted by atomic mass is 10.2. The van der Waals surface area contributed by atoms with Gasteiger partial charge in [-0.1, -0.05) is 5.16 Å². The second kappa shape index (κ2) is 5.05. The van der Waals surface area contributed by atoms with Gasteiger partial charge in [0.1, 0.15) is 17.4 Å². The molecule has 0 fully saturated rings. The predicted octanol–water partition coefficient (Wildman–Crippen LogP) is 2.49. The number of ether oxygens (including phenoxy) is 2. The lowest BCUT2D eigenvalue weighted by Gasteiger charge is -2.05. The second-order valence-electron chi connectivity index (χ2n) is 3.25. The van der Waals surface area contributed by atoms with E-state index in [0.29, 0.717) is 23.2 Å². The predicted molar refractivity (Wildman–Crippen MR) is 62.4 cm³/mol. The summed E-state index contributed by atoms with van der Waals surface area (Å²) in [6.07, 6.45) is 0. The molecule has 1 aromatic heterocycles. The van der Waals surface area contributed by atoms with E-state index in [1.54, 1.807) is 32.4 Å². The van der Waals surface area contributed by atoms with Crippen molar-refractivity contribution in [3.8, 4) is 22.9 Å². The minimum absolute atomic E-state index is 0.189. The fourth-order valence-electron chi connectivity index (χ4n) is 1.36. The number of benzene rings is 1. The Bertz CT molecular complexity index is 491. The van der Waals surface area contributed by atoms with Crippen LogP contribution in [-0.2, 0) is 5.88 Å². The Kier molecular flexibility index (Phi) is 3.49. The third-order valence-corrected chi connectivity index (χ3v) is 2.42. The maximum Gasteiger partial charge on any atom is 0.241 e. The number of alkyl halides is 1. The fraction of sp³-hybridized carbons (Fsp3) is 0.273. The van der Waals surface area contributed by atoms with Crippen molar-refractivity contribution >= 4 is 11.6 Å². The Morgan fingerprint density at radius 3 is 2.29 bits per heavy atom. The van der Waals surface area contributed by atoms with Gasteiger partial charge in [0.2, 0.25) is 11.7 Å². The number of aromatic nitrogens is 2. The molecule has 0 aliphatic heterocycles. The number of hydrogen-bond acceptors (Lipinski definition) is 5. The summed E-state index contributed by atoms with van der Waals surface area (Å²) in [5, 5.41) is 3.83. The zero-order valence-corrected chi connectivity index (χ0v) is 10.2. The van der Waals surface area contributed by atoms with Crippen molar-refractivity contribution in [1.29, 1.82) is 0 Å². The van der Waals surface area contributed by atoms with E-state index in [1.165, 1.54) is 0 Å². The van der Waals surface area contributed by atoms with E-state index in [-0.39, 0.29) is 5.88 Å². The van der Waals surface area contributed by atoms with Crippen molar-refractivity contribution in [2.45, 2.75) is 5.88 Å². The van der Waals surface area contributed by atoms with Crippen LogP contribution in [0.1, 0.15) is 5.89 Å². The molecule has 0 unspecified atom stereocenters. The highest BCUT2D eigenvalue weighted by molar-refractivity contribution is 6.16. The van der Waals surface area contributed by atoms with E-state index in [1.807, 2.05) is 0 Å². The summed E-state index contributed by atoms with van der Waals surface area (Å²) in [6.45, 7) is 0. The molecule has 6 heteroatoms. The highest BCUT2D eigenvalue weighted by Crippen LogP contribution is 2.28. The van der Waals surface area contributed by atoms with Gasteiger partial charge in [0.15, 0.2) is 0 Å². The summed E-state index contributed by atoms with van der Waals surface area (Å²) in [6, 6.07) is 5.36. The monoisotopic (exact) mass is 254 g/mol. The van der Waals surface area contributed by atoms with E-state index < -0.39 is 0 Å². The summed E-state index contributed by atoms with van der Waals surface area (Å²) in [5.74, 6) is 2.35. The van der Waals surface area contributed by atoms with Gasteiger partial charge in [0.25, 0.3) is 0 Å².